The topological polar surface area (TPSA) is 77.4 Å². The van der Waals surface area contributed by atoms with Gasteiger partial charge < -0.3 is 14.6 Å². The van der Waals surface area contributed by atoms with Gasteiger partial charge in [-0.1, -0.05) is 22.0 Å². The number of rotatable bonds is 5. The van der Waals surface area contributed by atoms with Crippen LogP contribution >= 0.6 is 15.9 Å². The van der Waals surface area contributed by atoms with Crippen LogP contribution in [0, 0.1) is 5.82 Å². The van der Waals surface area contributed by atoms with Gasteiger partial charge in [-0.05, 0) is 31.2 Å². The molecule has 8 heteroatoms. The minimum Gasteiger partial charge on any atom is -0.451 e. The largest absolute Gasteiger partial charge is 0.451 e. The van der Waals surface area contributed by atoms with Crippen molar-refractivity contribution < 1.29 is 18.7 Å². The molecule has 1 aromatic carbocycles. The molecular formula is C16H14BrFN2O4. The molecule has 24 heavy (non-hydrogen) atoms. The third-order valence-electron chi connectivity index (χ3n) is 3.06. The smallest absolute Gasteiger partial charge is 0.326 e. The predicted molar refractivity (Wildman–Crippen MR) is 89.0 cm³/mol. The molecule has 1 atom stereocenters. The number of hydrogen-bond donors (Lipinski definition) is 1. The number of aromatic nitrogens is 1. The molecule has 1 aromatic heterocycles. The third kappa shape index (κ3) is 4.76. The molecule has 0 fully saturated rings. The van der Waals surface area contributed by atoms with Gasteiger partial charge in [0.25, 0.3) is 11.5 Å². The van der Waals surface area contributed by atoms with Crippen molar-refractivity contribution >= 4 is 33.5 Å². The second-order valence-electron chi connectivity index (χ2n) is 4.91. The zero-order valence-corrected chi connectivity index (χ0v) is 14.2. The van der Waals surface area contributed by atoms with Crippen molar-refractivity contribution in [3.05, 3.63) is 63.2 Å². The van der Waals surface area contributed by atoms with Crippen LogP contribution in [0.2, 0.25) is 0 Å². The van der Waals surface area contributed by atoms with Crippen molar-refractivity contribution in [1.29, 1.82) is 0 Å². The predicted octanol–water partition coefficient (Wildman–Crippen LogP) is 2.32. The molecule has 6 nitrogen and oxygen atoms in total. The molecule has 0 radical (unpaired) electrons. The highest BCUT2D eigenvalue weighted by molar-refractivity contribution is 9.10. The molecule has 2 rings (SSSR count). The van der Waals surface area contributed by atoms with E-state index in [0.29, 0.717) is 4.47 Å². The first kappa shape index (κ1) is 17.9. The quantitative estimate of drug-likeness (QED) is 0.786. The molecule has 0 spiro atoms. The van der Waals surface area contributed by atoms with E-state index < -0.39 is 23.8 Å². The number of pyridine rings is 1. The van der Waals surface area contributed by atoms with Gasteiger partial charge in [-0.3, -0.25) is 14.4 Å². The molecule has 0 saturated carbocycles. The molecule has 1 N–H and O–H groups in total. The molecule has 1 amide bonds. The Morgan fingerprint density at radius 2 is 2.08 bits per heavy atom. The van der Waals surface area contributed by atoms with Crippen LogP contribution in [-0.4, -0.2) is 22.5 Å². The van der Waals surface area contributed by atoms with Crippen molar-refractivity contribution in [1.82, 2.24) is 4.57 Å². The number of nitrogens with zero attached hydrogens (tertiary/aromatic N) is 1. The number of carbonyl (C=O) groups excluding carboxylic acids is 2. The lowest BCUT2D eigenvalue weighted by Crippen LogP contribution is -2.32. The maximum Gasteiger partial charge on any atom is 0.326 e. The Labute approximate surface area is 145 Å². The standard InChI is InChI=1S/C16H14BrFN2O4/c1-10(16(23)19-13-6-5-11(17)8-12(13)18)24-15(22)9-20-7-3-2-4-14(20)21/h2-8,10H,9H2,1H3,(H,19,23)/t10-/m1/s1. The van der Waals surface area contributed by atoms with Gasteiger partial charge in [-0.15, -0.1) is 0 Å². The van der Waals surface area contributed by atoms with Gasteiger partial charge in [0.2, 0.25) is 0 Å². The van der Waals surface area contributed by atoms with Crippen LogP contribution in [0.3, 0.4) is 0 Å². The third-order valence-corrected chi connectivity index (χ3v) is 3.56. The summed E-state index contributed by atoms with van der Waals surface area (Å²) in [7, 11) is 0. The Balaban J connectivity index is 1.94. The average Bonchev–Trinajstić information content (AvgIpc) is 2.52. The first-order chi connectivity index (χ1) is 11.4. The summed E-state index contributed by atoms with van der Waals surface area (Å²) in [5.74, 6) is -2.04. The van der Waals surface area contributed by atoms with E-state index in [9.17, 15) is 18.8 Å². The van der Waals surface area contributed by atoms with Crippen LogP contribution in [0.4, 0.5) is 10.1 Å². The number of anilines is 1. The van der Waals surface area contributed by atoms with Crippen molar-refractivity contribution in [2.75, 3.05) is 5.32 Å². The molecule has 2 aromatic rings. The molecule has 126 valence electrons. The van der Waals surface area contributed by atoms with Gasteiger partial charge in [-0.2, -0.15) is 0 Å². The Morgan fingerprint density at radius 1 is 1.33 bits per heavy atom. The van der Waals surface area contributed by atoms with Gasteiger partial charge in [0, 0.05) is 16.7 Å². The molecule has 1 heterocycles. The van der Waals surface area contributed by atoms with Crippen molar-refractivity contribution in [2.24, 2.45) is 0 Å². The first-order valence-corrected chi connectivity index (χ1v) is 7.77. The summed E-state index contributed by atoms with van der Waals surface area (Å²) < 4.78 is 20.3. The highest BCUT2D eigenvalue weighted by Crippen LogP contribution is 2.19. The highest BCUT2D eigenvalue weighted by atomic mass is 79.9. The molecular weight excluding hydrogens is 383 g/mol. The zero-order valence-electron chi connectivity index (χ0n) is 12.7. The van der Waals surface area contributed by atoms with Crippen molar-refractivity contribution in [3.8, 4) is 0 Å². The molecule has 0 unspecified atom stereocenters. The Hall–Kier alpha value is -2.48. The van der Waals surface area contributed by atoms with Gasteiger partial charge in [0.1, 0.15) is 12.4 Å². The van der Waals surface area contributed by atoms with E-state index >= 15 is 0 Å². The number of esters is 1. The maximum atomic E-state index is 13.7. The fraction of sp³-hybridized carbons (Fsp3) is 0.188. The number of hydrogen-bond acceptors (Lipinski definition) is 4. The number of ether oxygens (including phenoxy) is 1. The zero-order chi connectivity index (χ0) is 17.7. The van der Waals surface area contributed by atoms with Crippen LogP contribution in [0.1, 0.15) is 6.92 Å². The number of benzene rings is 1. The van der Waals surface area contributed by atoms with E-state index in [1.165, 1.54) is 31.3 Å². The Bertz CT molecular complexity index is 822. The van der Waals surface area contributed by atoms with Crippen LogP contribution < -0.4 is 10.9 Å². The maximum absolute atomic E-state index is 13.7. The van der Waals surface area contributed by atoms with E-state index in [2.05, 4.69) is 21.2 Å². The SMILES string of the molecule is C[C@@H](OC(=O)Cn1ccccc1=O)C(=O)Nc1ccc(Br)cc1F. The lowest BCUT2D eigenvalue weighted by Gasteiger charge is -2.14. The van der Waals surface area contributed by atoms with Gasteiger partial charge in [-0.25, -0.2) is 4.39 Å². The molecule has 0 aliphatic rings. The van der Waals surface area contributed by atoms with Crippen LogP contribution in [-0.2, 0) is 20.9 Å². The summed E-state index contributed by atoms with van der Waals surface area (Å²) in [6.07, 6.45) is 0.297. The van der Waals surface area contributed by atoms with Crippen LogP contribution in [0.25, 0.3) is 0 Å². The minimum atomic E-state index is -1.14. The Kier molecular flexibility index (Phi) is 5.86. The number of amides is 1. The van der Waals surface area contributed by atoms with E-state index in [-0.39, 0.29) is 17.8 Å². The first-order valence-electron chi connectivity index (χ1n) is 6.97. The van der Waals surface area contributed by atoms with Gasteiger partial charge >= 0.3 is 5.97 Å². The van der Waals surface area contributed by atoms with E-state index in [1.807, 2.05) is 0 Å². The fourth-order valence-electron chi connectivity index (χ4n) is 1.84. The second-order valence-corrected chi connectivity index (χ2v) is 5.83. The number of nitrogens with one attached hydrogen (secondary N) is 1. The summed E-state index contributed by atoms with van der Waals surface area (Å²) in [4.78, 5) is 35.3. The monoisotopic (exact) mass is 396 g/mol. The molecule has 0 saturated heterocycles. The van der Waals surface area contributed by atoms with Gasteiger partial charge in [0.15, 0.2) is 6.10 Å². The lowest BCUT2D eigenvalue weighted by atomic mass is 10.3. The summed E-state index contributed by atoms with van der Waals surface area (Å²) in [5.41, 5.74) is -0.381. The minimum absolute atomic E-state index is 0.0228. The summed E-state index contributed by atoms with van der Waals surface area (Å²) >= 11 is 3.11. The molecule has 0 aliphatic carbocycles. The number of carbonyl (C=O) groups is 2. The van der Waals surface area contributed by atoms with Crippen molar-refractivity contribution in [3.63, 3.8) is 0 Å². The van der Waals surface area contributed by atoms with Gasteiger partial charge in [0.05, 0.1) is 5.69 Å². The van der Waals surface area contributed by atoms with E-state index in [0.717, 1.165) is 4.57 Å². The summed E-state index contributed by atoms with van der Waals surface area (Å²) in [6, 6.07) is 8.61. The molecule has 0 aliphatic heterocycles. The van der Waals surface area contributed by atoms with E-state index in [1.54, 1.807) is 18.2 Å². The van der Waals surface area contributed by atoms with E-state index in [4.69, 9.17) is 4.74 Å². The summed E-state index contributed by atoms with van der Waals surface area (Å²) in [6.45, 7) is 1.04. The normalized spacial score (nSPS) is 11.6. The summed E-state index contributed by atoms with van der Waals surface area (Å²) in [5, 5.41) is 2.34. The average molecular weight is 397 g/mol. The lowest BCUT2D eigenvalue weighted by molar-refractivity contribution is -0.153. The van der Waals surface area contributed by atoms with Crippen LogP contribution in [0.15, 0.2) is 51.9 Å². The second kappa shape index (κ2) is 7.87. The highest BCUT2D eigenvalue weighted by Gasteiger charge is 2.19. The number of halogens is 2. The van der Waals surface area contributed by atoms with Crippen molar-refractivity contribution in [2.45, 2.75) is 19.6 Å². The van der Waals surface area contributed by atoms with Crippen LogP contribution in [0.5, 0.6) is 0 Å². The molecule has 0 bridgehead atoms. The fourth-order valence-corrected chi connectivity index (χ4v) is 2.18. The Morgan fingerprint density at radius 3 is 2.75 bits per heavy atom.